The van der Waals surface area contributed by atoms with E-state index in [-0.39, 0.29) is 23.6 Å². The Labute approximate surface area is 353 Å². The fourth-order valence-electron chi connectivity index (χ4n) is 7.33. The molecule has 2 aliphatic rings. The zero-order chi connectivity index (χ0) is 42.4. The molecule has 0 bridgehead atoms. The first-order chi connectivity index (χ1) is 28.8. The first kappa shape index (κ1) is 42.7. The third kappa shape index (κ3) is 11.2. The van der Waals surface area contributed by atoms with Gasteiger partial charge in [0.2, 0.25) is 0 Å². The number of alkyl halides is 3. The molecule has 0 aliphatic carbocycles. The first-order valence-electron chi connectivity index (χ1n) is 19.4. The molecule has 3 aromatic heterocycles. The lowest BCUT2D eigenvalue weighted by Gasteiger charge is -2.46. The molecule has 5 heterocycles. The van der Waals surface area contributed by atoms with Crippen molar-refractivity contribution in [3.05, 3.63) is 90.6 Å². The van der Waals surface area contributed by atoms with Gasteiger partial charge in [-0.3, -0.25) is 0 Å². The van der Waals surface area contributed by atoms with Crippen molar-refractivity contribution in [3.8, 4) is 0 Å². The second kappa shape index (κ2) is 18.9. The van der Waals surface area contributed by atoms with Crippen LogP contribution < -0.4 is 20.9 Å². The summed E-state index contributed by atoms with van der Waals surface area (Å²) < 4.78 is 51.6. The average Bonchev–Trinajstić information content (AvgIpc) is 3.83. The monoisotopic (exact) mass is 865 g/mol. The number of aryl methyl sites for hydroxylation is 2. The number of hydrogen-bond donors (Lipinski definition) is 3. The lowest BCUT2D eigenvalue weighted by Crippen LogP contribution is -2.59. The van der Waals surface area contributed by atoms with E-state index in [0.717, 1.165) is 21.4 Å². The number of benzene rings is 2. The van der Waals surface area contributed by atoms with Crippen LogP contribution in [0.2, 0.25) is 0 Å². The van der Waals surface area contributed by atoms with Gasteiger partial charge in [0, 0.05) is 80.3 Å². The number of carbonyl (C=O) groups excluding carboxylic acids is 2. The third-order valence-corrected chi connectivity index (χ3v) is 12.7. The largest absolute Gasteiger partial charge is 0.391 e. The molecule has 60 heavy (non-hydrogen) atoms. The van der Waals surface area contributed by atoms with Crippen LogP contribution >= 0.6 is 23.5 Å². The molecular weight excluding hydrogens is 820 g/mol. The van der Waals surface area contributed by atoms with Gasteiger partial charge in [-0.25, -0.2) is 9.59 Å². The molecule has 0 spiro atoms. The fraction of sp³-hybridized carbons (Fsp3) is 0.436. The summed E-state index contributed by atoms with van der Waals surface area (Å²) in [5.74, 6) is 0.140. The molecular formula is C39H46F3N13O3S2. The van der Waals surface area contributed by atoms with Crippen molar-refractivity contribution >= 4 is 52.8 Å². The van der Waals surface area contributed by atoms with E-state index in [9.17, 15) is 22.8 Å². The molecule has 5 aromatic rings. The van der Waals surface area contributed by atoms with E-state index in [4.69, 9.17) is 4.74 Å². The number of aromatic nitrogens is 8. The highest BCUT2D eigenvalue weighted by atomic mass is 32.2. The van der Waals surface area contributed by atoms with Crippen molar-refractivity contribution in [1.29, 1.82) is 0 Å². The van der Waals surface area contributed by atoms with Gasteiger partial charge in [0.05, 0.1) is 18.6 Å². The summed E-state index contributed by atoms with van der Waals surface area (Å²) in [6.45, 7) is 4.55. The van der Waals surface area contributed by atoms with E-state index in [2.05, 4.69) is 46.5 Å². The second-order valence-electron chi connectivity index (χ2n) is 14.9. The molecule has 7 rings (SSSR count). The molecule has 4 amide bonds. The quantitative estimate of drug-likeness (QED) is 0.113. The SMILES string of the molecule is C[C@H](Sc1nncn1C)c1cccc(NC(=O)NC2CC(C3CN(C(=O)Nc4cccc([C@H](C)Sc5nncn5C)c4)CC(CC(F)(F)F)O3)CN(c3cccnn3)C2)c1. The first-order valence-corrected chi connectivity index (χ1v) is 21.1. The van der Waals surface area contributed by atoms with Crippen molar-refractivity contribution in [2.45, 2.75) is 71.9 Å². The predicted molar refractivity (Wildman–Crippen MR) is 222 cm³/mol. The molecule has 0 radical (unpaired) electrons. The summed E-state index contributed by atoms with van der Waals surface area (Å²) in [5, 5.41) is 34.9. The fourth-order valence-corrected chi connectivity index (χ4v) is 9.15. The number of urea groups is 2. The number of piperidine rings is 1. The van der Waals surface area contributed by atoms with Crippen molar-refractivity contribution in [1.82, 2.24) is 49.9 Å². The van der Waals surface area contributed by atoms with Gasteiger partial charge in [-0.15, -0.1) is 25.5 Å². The van der Waals surface area contributed by atoms with Gasteiger partial charge in [-0.2, -0.15) is 18.3 Å². The molecule has 2 aliphatic heterocycles. The van der Waals surface area contributed by atoms with E-state index in [1.807, 2.05) is 78.4 Å². The molecule has 2 aromatic carbocycles. The number of carbonyl (C=O) groups is 2. The van der Waals surface area contributed by atoms with Crippen molar-refractivity contribution in [3.63, 3.8) is 0 Å². The van der Waals surface area contributed by atoms with Crippen LogP contribution in [0.1, 0.15) is 48.3 Å². The molecule has 2 saturated heterocycles. The van der Waals surface area contributed by atoms with Gasteiger partial charge in [-0.1, -0.05) is 47.8 Å². The number of ether oxygens (including phenoxy) is 1. The van der Waals surface area contributed by atoms with Crippen molar-refractivity contribution < 1.29 is 27.5 Å². The number of rotatable bonds is 12. The molecule has 2 fully saturated rings. The second-order valence-corrected chi connectivity index (χ2v) is 17.6. The maximum absolute atomic E-state index is 13.9. The number of halogens is 3. The predicted octanol–water partition coefficient (Wildman–Crippen LogP) is 6.71. The average molecular weight is 866 g/mol. The van der Waals surface area contributed by atoms with Gasteiger partial charge in [0.25, 0.3) is 0 Å². The molecule has 4 unspecified atom stereocenters. The van der Waals surface area contributed by atoms with Gasteiger partial charge in [0.1, 0.15) is 12.7 Å². The van der Waals surface area contributed by atoms with E-state index < -0.39 is 48.8 Å². The zero-order valence-electron chi connectivity index (χ0n) is 33.4. The number of morpholine rings is 1. The summed E-state index contributed by atoms with van der Waals surface area (Å²) in [7, 11) is 3.73. The Morgan fingerprint density at radius 2 is 1.45 bits per heavy atom. The third-order valence-electron chi connectivity index (χ3n) is 10.3. The van der Waals surface area contributed by atoms with Gasteiger partial charge in [-0.05, 0) is 67.8 Å². The molecule has 16 nitrogen and oxygen atoms in total. The van der Waals surface area contributed by atoms with Crippen LogP contribution in [0.3, 0.4) is 0 Å². The maximum atomic E-state index is 13.9. The van der Waals surface area contributed by atoms with Crippen LogP contribution in [0.4, 0.5) is 40.0 Å². The van der Waals surface area contributed by atoms with Crippen LogP contribution in [0, 0.1) is 5.92 Å². The normalized spacial score (nSPS) is 20.6. The Bertz CT molecular complexity index is 2230. The number of thioether (sulfide) groups is 2. The molecule has 21 heteroatoms. The van der Waals surface area contributed by atoms with E-state index in [1.165, 1.54) is 16.7 Å². The highest BCUT2D eigenvalue weighted by Gasteiger charge is 2.43. The summed E-state index contributed by atoms with van der Waals surface area (Å²) >= 11 is 3.05. The summed E-state index contributed by atoms with van der Waals surface area (Å²) in [6.07, 6.45) is -2.66. The summed E-state index contributed by atoms with van der Waals surface area (Å²) in [4.78, 5) is 30.7. The standard InChI is InChI=1S/C39H46F3N13O3S2/c1-24(59-37-50-44-22-52(37)3)26-8-5-10-29(14-26)46-35(56)47-31-16-28(18-54(19-31)34-12-7-13-43-49-34)33-21-55(20-32(58-33)17-39(40,41)42)36(57)48-30-11-6-9-27(15-30)25(2)60-38-51-45-23-53(38)4/h5-15,22-25,28,31-33H,16-21H2,1-4H3,(H,48,57)(H2,46,47,56)/t24-,25-,28?,31?,32?,33?/m0/s1. The zero-order valence-corrected chi connectivity index (χ0v) is 35.0. The topological polar surface area (TPSA) is 173 Å². The Balaban J connectivity index is 1.05. The van der Waals surface area contributed by atoms with Crippen molar-refractivity contribution in [2.75, 3.05) is 41.7 Å². The van der Waals surface area contributed by atoms with Crippen LogP contribution in [-0.2, 0) is 18.8 Å². The lowest BCUT2D eigenvalue weighted by atomic mass is 9.88. The summed E-state index contributed by atoms with van der Waals surface area (Å²) in [5.41, 5.74) is 2.99. The minimum Gasteiger partial charge on any atom is -0.371 e. The molecule has 318 valence electrons. The van der Waals surface area contributed by atoms with Crippen LogP contribution in [0.15, 0.2) is 89.8 Å². The molecule has 6 atom stereocenters. The number of hydrogen-bond acceptors (Lipinski definition) is 12. The van der Waals surface area contributed by atoms with Crippen LogP contribution in [0.25, 0.3) is 0 Å². The van der Waals surface area contributed by atoms with E-state index in [0.29, 0.717) is 36.7 Å². The Morgan fingerprint density at radius 3 is 2.02 bits per heavy atom. The smallest absolute Gasteiger partial charge is 0.371 e. The van der Waals surface area contributed by atoms with Gasteiger partial charge < -0.3 is 39.6 Å². The highest BCUT2D eigenvalue weighted by Crippen LogP contribution is 2.36. The number of anilines is 3. The van der Waals surface area contributed by atoms with E-state index in [1.54, 1.807) is 54.9 Å². The molecule has 3 N–H and O–H groups in total. The number of nitrogens with one attached hydrogen (secondary N) is 3. The highest BCUT2D eigenvalue weighted by molar-refractivity contribution is 7.99. The Hall–Kier alpha value is -5.41. The van der Waals surface area contributed by atoms with Crippen LogP contribution in [0.5, 0.6) is 0 Å². The van der Waals surface area contributed by atoms with Gasteiger partial charge in [0.15, 0.2) is 16.1 Å². The Morgan fingerprint density at radius 1 is 0.817 bits per heavy atom. The molecule has 0 saturated carbocycles. The lowest BCUT2D eigenvalue weighted by molar-refractivity contribution is -0.185. The van der Waals surface area contributed by atoms with Gasteiger partial charge >= 0.3 is 18.2 Å². The minimum absolute atomic E-state index is 0.0178. The van der Waals surface area contributed by atoms with Crippen LogP contribution in [-0.4, -0.2) is 107 Å². The minimum atomic E-state index is -4.52. The number of amides is 4. The van der Waals surface area contributed by atoms with E-state index >= 15 is 0 Å². The Kier molecular flexibility index (Phi) is 13.4. The van der Waals surface area contributed by atoms with Crippen molar-refractivity contribution in [2.24, 2.45) is 20.0 Å². The summed E-state index contributed by atoms with van der Waals surface area (Å²) in [6, 6.07) is 16.9. The maximum Gasteiger partial charge on any atom is 0.391 e. The number of nitrogens with zero attached hydrogens (tertiary/aromatic N) is 10.